The van der Waals surface area contributed by atoms with Gasteiger partial charge in [-0.1, -0.05) is 62.7 Å². The predicted molar refractivity (Wildman–Crippen MR) is 170 cm³/mol. The molecule has 3 aromatic rings. The van der Waals surface area contributed by atoms with Gasteiger partial charge in [-0.2, -0.15) is 0 Å². The third-order valence-electron chi connectivity index (χ3n) is 7.86. The molecule has 1 amide bonds. The maximum Gasteiger partial charge on any atom is 0.251 e. The Morgan fingerprint density at radius 1 is 0.976 bits per heavy atom. The quantitative estimate of drug-likeness (QED) is 0.167. The Labute approximate surface area is 251 Å². The Morgan fingerprint density at radius 3 is 2.29 bits per heavy atom. The Bertz CT molecular complexity index is 1320. The summed E-state index contributed by atoms with van der Waals surface area (Å²) in [6.07, 6.45) is 0.446. The minimum absolute atomic E-state index is 0.0199. The van der Waals surface area contributed by atoms with Gasteiger partial charge in [0.25, 0.3) is 5.91 Å². The number of carbonyl (C=O) groups is 1. The number of aromatic hydroxyl groups is 1. The van der Waals surface area contributed by atoms with Crippen molar-refractivity contribution in [1.82, 2.24) is 10.6 Å². The van der Waals surface area contributed by atoms with Gasteiger partial charge in [-0.15, -0.1) is 0 Å². The average molecular weight is 597 g/mol. The molecular formula is C33H45ClN2O4Si. The van der Waals surface area contributed by atoms with Crippen LogP contribution in [-0.4, -0.2) is 36.5 Å². The number of hydrogen-bond acceptors (Lipinski definition) is 5. The molecule has 0 aliphatic rings. The third-order valence-corrected chi connectivity index (χ3v) is 12.6. The molecule has 0 bridgehead atoms. The molecule has 0 saturated carbocycles. The predicted octanol–water partition coefficient (Wildman–Crippen LogP) is 7.14. The van der Waals surface area contributed by atoms with E-state index in [1.165, 1.54) is 0 Å². The van der Waals surface area contributed by atoms with E-state index in [0.29, 0.717) is 35.7 Å². The Kier molecular flexibility index (Phi) is 10.8. The molecule has 0 fully saturated rings. The lowest BCUT2D eigenvalue weighted by atomic mass is 9.93. The van der Waals surface area contributed by atoms with Crippen LogP contribution in [0, 0.1) is 0 Å². The fourth-order valence-corrected chi connectivity index (χ4v) is 5.75. The second kappa shape index (κ2) is 13.5. The van der Waals surface area contributed by atoms with E-state index in [9.17, 15) is 15.0 Å². The summed E-state index contributed by atoms with van der Waals surface area (Å²) in [6.45, 7) is 16.1. The van der Waals surface area contributed by atoms with E-state index in [1.807, 2.05) is 60.7 Å². The van der Waals surface area contributed by atoms with Crippen LogP contribution < -0.4 is 10.6 Å². The highest BCUT2D eigenvalue weighted by Gasteiger charge is 2.39. The molecule has 6 nitrogen and oxygen atoms in total. The lowest BCUT2D eigenvalue weighted by Crippen LogP contribution is -2.47. The maximum atomic E-state index is 12.9. The normalized spacial score (nSPS) is 13.2. The smallest absolute Gasteiger partial charge is 0.251 e. The minimum Gasteiger partial charge on any atom is -0.508 e. The van der Waals surface area contributed by atoms with Crippen molar-refractivity contribution in [2.45, 2.75) is 84.0 Å². The zero-order chi connectivity index (χ0) is 30.4. The molecule has 0 aliphatic heterocycles. The molecular weight excluding hydrogens is 552 g/mol. The fourth-order valence-electron chi connectivity index (χ4n) is 4.34. The number of halogens is 1. The molecule has 3 aromatic carbocycles. The topological polar surface area (TPSA) is 90.8 Å². The van der Waals surface area contributed by atoms with Crippen molar-refractivity contribution < 1.29 is 19.4 Å². The first-order valence-electron chi connectivity index (χ1n) is 14.1. The van der Waals surface area contributed by atoms with Gasteiger partial charge in [0.05, 0.1) is 12.7 Å². The number of aliphatic hydroxyl groups excluding tert-OH is 1. The monoisotopic (exact) mass is 596 g/mol. The molecule has 0 aliphatic carbocycles. The largest absolute Gasteiger partial charge is 0.508 e. The van der Waals surface area contributed by atoms with Gasteiger partial charge in [-0.05, 0) is 91.5 Å². The third kappa shape index (κ3) is 9.41. The van der Waals surface area contributed by atoms with Crippen LogP contribution in [0.4, 0.5) is 0 Å². The van der Waals surface area contributed by atoms with Gasteiger partial charge in [0.2, 0.25) is 0 Å². The highest BCUT2D eigenvalue weighted by atomic mass is 35.5. The lowest BCUT2D eigenvalue weighted by Gasteiger charge is -2.40. The second-order valence-electron chi connectivity index (χ2n) is 12.9. The molecule has 0 spiro atoms. The van der Waals surface area contributed by atoms with Crippen molar-refractivity contribution in [3.05, 3.63) is 99.6 Å². The Hall–Kier alpha value is -2.68. The van der Waals surface area contributed by atoms with E-state index in [-0.39, 0.29) is 34.9 Å². The summed E-state index contributed by atoms with van der Waals surface area (Å²) in [7, 11) is -2.13. The molecule has 8 heteroatoms. The summed E-state index contributed by atoms with van der Waals surface area (Å²) >= 11 is 5.96. The molecule has 1 unspecified atom stereocenters. The van der Waals surface area contributed by atoms with Crippen LogP contribution in [0.2, 0.25) is 23.2 Å². The number of amides is 1. The number of hydrogen-bond donors (Lipinski definition) is 4. The van der Waals surface area contributed by atoms with E-state index >= 15 is 0 Å². The molecule has 3 rings (SSSR count). The molecule has 0 aromatic heterocycles. The SMILES string of the molecule is CC(C)(Cc1cccc(C(=O)NCc2ccc(Cl)cc2)c1)NCC(O[Si](C)(C)C(C)(C)C)c1ccc(O)c(CO)c1. The van der Waals surface area contributed by atoms with Gasteiger partial charge in [-0.25, -0.2) is 0 Å². The number of phenols is 1. The Morgan fingerprint density at radius 2 is 1.66 bits per heavy atom. The summed E-state index contributed by atoms with van der Waals surface area (Å²) in [5, 5.41) is 27.2. The van der Waals surface area contributed by atoms with Gasteiger partial charge in [0.15, 0.2) is 8.32 Å². The number of rotatable bonds is 12. The Balaban J connectivity index is 1.71. The molecule has 1 atom stereocenters. The van der Waals surface area contributed by atoms with E-state index in [1.54, 1.807) is 6.07 Å². The maximum absolute atomic E-state index is 12.9. The van der Waals surface area contributed by atoms with Crippen LogP contribution >= 0.6 is 11.6 Å². The summed E-state index contributed by atoms with van der Waals surface area (Å²) in [5.41, 5.74) is 3.75. The van der Waals surface area contributed by atoms with Crippen molar-refractivity contribution in [2.75, 3.05) is 6.54 Å². The number of benzene rings is 3. The highest BCUT2D eigenvalue weighted by Crippen LogP contribution is 2.40. The van der Waals surface area contributed by atoms with Crippen LogP contribution in [0.3, 0.4) is 0 Å². The lowest BCUT2D eigenvalue weighted by molar-refractivity contribution is 0.0950. The van der Waals surface area contributed by atoms with Crippen molar-refractivity contribution in [3.8, 4) is 5.75 Å². The molecule has 41 heavy (non-hydrogen) atoms. The van der Waals surface area contributed by atoms with Crippen LogP contribution in [0.1, 0.15) is 73.3 Å². The first-order valence-corrected chi connectivity index (χ1v) is 17.4. The van der Waals surface area contributed by atoms with E-state index in [2.05, 4.69) is 58.3 Å². The average Bonchev–Trinajstić information content (AvgIpc) is 2.90. The zero-order valence-electron chi connectivity index (χ0n) is 25.3. The number of carbonyl (C=O) groups excluding carboxylic acids is 1. The standard InChI is InChI=1S/C33H45ClN2O4Si/c1-32(2,3)41(6,7)40-30(25-13-16-29(38)27(18-25)22-37)21-36-33(4,5)19-24-9-8-10-26(17-24)31(39)35-20-23-11-14-28(34)15-12-23/h8-18,30,36-38H,19-22H2,1-7H3,(H,35,39). The van der Waals surface area contributed by atoms with Crippen molar-refractivity contribution in [2.24, 2.45) is 0 Å². The molecule has 0 saturated heterocycles. The summed E-state index contributed by atoms with van der Waals surface area (Å²) in [4.78, 5) is 12.9. The van der Waals surface area contributed by atoms with Crippen molar-refractivity contribution in [3.63, 3.8) is 0 Å². The molecule has 4 N–H and O–H groups in total. The van der Waals surface area contributed by atoms with E-state index in [4.69, 9.17) is 16.0 Å². The van der Waals surface area contributed by atoms with Crippen molar-refractivity contribution in [1.29, 1.82) is 0 Å². The number of aliphatic hydroxyl groups is 1. The van der Waals surface area contributed by atoms with E-state index < -0.39 is 8.32 Å². The molecule has 222 valence electrons. The summed E-state index contributed by atoms with van der Waals surface area (Å²) < 4.78 is 6.85. The van der Waals surface area contributed by atoms with Gasteiger partial charge in [-0.3, -0.25) is 4.79 Å². The molecule has 0 radical (unpaired) electrons. The van der Waals surface area contributed by atoms with Gasteiger partial charge in [0.1, 0.15) is 5.75 Å². The highest BCUT2D eigenvalue weighted by molar-refractivity contribution is 6.74. The van der Waals surface area contributed by atoms with Gasteiger partial charge >= 0.3 is 0 Å². The van der Waals surface area contributed by atoms with Gasteiger partial charge in [0, 0.05) is 34.8 Å². The van der Waals surface area contributed by atoms with Crippen LogP contribution in [0.5, 0.6) is 5.75 Å². The number of nitrogens with one attached hydrogen (secondary N) is 2. The minimum atomic E-state index is -2.13. The van der Waals surface area contributed by atoms with E-state index in [0.717, 1.165) is 16.7 Å². The summed E-state index contributed by atoms with van der Waals surface area (Å²) in [6, 6.07) is 20.5. The summed E-state index contributed by atoms with van der Waals surface area (Å²) in [5.74, 6) is -0.0462. The van der Waals surface area contributed by atoms with Crippen LogP contribution in [0.15, 0.2) is 66.7 Å². The van der Waals surface area contributed by atoms with Crippen LogP contribution in [-0.2, 0) is 24.0 Å². The van der Waals surface area contributed by atoms with Crippen molar-refractivity contribution >= 4 is 25.8 Å². The first-order chi connectivity index (χ1) is 19.1. The zero-order valence-corrected chi connectivity index (χ0v) is 27.1. The second-order valence-corrected chi connectivity index (χ2v) is 18.1. The molecule has 0 heterocycles. The fraction of sp³-hybridized carbons (Fsp3) is 0.424. The van der Waals surface area contributed by atoms with Gasteiger partial charge < -0.3 is 25.3 Å². The van der Waals surface area contributed by atoms with Crippen LogP contribution in [0.25, 0.3) is 0 Å². The first kappa shape index (κ1) is 32.8.